The van der Waals surface area contributed by atoms with Crippen molar-refractivity contribution in [3.63, 3.8) is 0 Å². The van der Waals surface area contributed by atoms with Crippen LogP contribution in [0.3, 0.4) is 0 Å². The molecule has 1 amide bonds. The summed E-state index contributed by atoms with van der Waals surface area (Å²) < 4.78 is 10.7. The van der Waals surface area contributed by atoms with Gasteiger partial charge in [0.15, 0.2) is 11.5 Å². The Morgan fingerprint density at radius 1 is 1.29 bits per heavy atom. The zero-order valence-electron chi connectivity index (χ0n) is 11.7. The normalized spacial score (nSPS) is 12.2. The minimum absolute atomic E-state index is 0.168. The number of para-hydroxylation sites is 1. The first kappa shape index (κ1) is 13.3. The summed E-state index contributed by atoms with van der Waals surface area (Å²) in [7, 11) is 0. The number of amides is 1. The van der Waals surface area contributed by atoms with Crippen LogP contribution < -0.4 is 20.5 Å². The topological polar surface area (TPSA) is 73.6 Å². The molecule has 0 bridgehead atoms. The van der Waals surface area contributed by atoms with Gasteiger partial charge in [-0.25, -0.2) is 0 Å². The van der Waals surface area contributed by atoms with E-state index >= 15 is 0 Å². The fraction of sp³-hybridized carbons (Fsp3) is 0.188. The van der Waals surface area contributed by atoms with Crippen LogP contribution >= 0.6 is 0 Å². The Balaban J connectivity index is 1.72. The molecule has 3 rings (SSSR count). The average molecular weight is 284 g/mol. The summed E-state index contributed by atoms with van der Waals surface area (Å²) in [4.78, 5) is 12.1. The van der Waals surface area contributed by atoms with E-state index in [9.17, 15) is 4.79 Å². The van der Waals surface area contributed by atoms with E-state index in [1.54, 1.807) is 12.1 Å². The molecule has 0 aromatic heterocycles. The van der Waals surface area contributed by atoms with Gasteiger partial charge in [0.1, 0.15) is 0 Å². The van der Waals surface area contributed by atoms with Gasteiger partial charge in [0.2, 0.25) is 6.79 Å². The highest BCUT2D eigenvalue weighted by Crippen LogP contribution is 2.35. The number of hydrogen-bond acceptors (Lipinski definition) is 4. The van der Waals surface area contributed by atoms with Crippen molar-refractivity contribution in [2.24, 2.45) is 0 Å². The lowest BCUT2D eigenvalue weighted by Gasteiger charge is -2.09. The number of nitrogens with one attached hydrogen (secondary N) is 1. The third-order valence-corrected chi connectivity index (χ3v) is 3.46. The highest BCUT2D eigenvalue weighted by atomic mass is 16.7. The first-order chi connectivity index (χ1) is 10.1. The Morgan fingerprint density at radius 3 is 2.95 bits per heavy atom. The van der Waals surface area contributed by atoms with E-state index in [0.717, 1.165) is 11.1 Å². The summed E-state index contributed by atoms with van der Waals surface area (Å²) >= 11 is 0. The van der Waals surface area contributed by atoms with Crippen molar-refractivity contribution >= 4 is 11.6 Å². The van der Waals surface area contributed by atoms with Gasteiger partial charge in [0.25, 0.3) is 5.91 Å². The van der Waals surface area contributed by atoms with Crippen LogP contribution in [-0.2, 0) is 6.54 Å². The number of carbonyl (C=O) groups excluding carboxylic acids is 1. The molecule has 3 N–H and O–H groups in total. The Hall–Kier alpha value is -2.69. The Bertz CT molecular complexity index is 698. The number of anilines is 1. The smallest absolute Gasteiger partial charge is 0.251 e. The zero-order chi connectivity index (χ0) is 14.8. The summed E-state index contributed by atoms with van der Waals surface area (Å²) in [6, 6.07) is 10.9. The monoisotopic (exact) mass is 284 g/mol. The molecule has 1 heterocycles. The number of rotatable bonds is 3. The van der Waals surface area contributed by atoms with Crippen molar-refractivity contribution in [1.29, 1.82) is 0 Å². The maximum atomic E-state index is 12.1. The third kappa shape index (κ3) is 2.63. The molecule has 0 saturated carbocycles. The Labute approximate surface area is 122 Å². The molecule has 0 saturated heterocycles. The molecule has 21 heavy (non-hydrogen) atoms. The number of fused-ring (bicyclic) bond motifs is 1. The highest BCUT2D eigenvalue weighted by Gasteiger charge is 2.17. The minimum atomic E-state index is -0.168. The third-order valence-electron chi connectivity index (χ3n) is 3.46. The Morgan fingerprint density at radius 2 is 2.14 bits per heavy atom. The molecular weight excluding hydrogens is 268 g/mol. The molecule has 0 spiro atoms. The van der Waals surface area contributed by atoms with Crippen LogP contribution in [0.15, 0.2) is 36.4 Å². The van der Waals surface area contributed by atoms with E-state index in [0.29, 0.717) is 29.3 Å². The maximum Gasteiger partial charge on any atom is 0.251 e. The van der Waals surface area contributed by atoms with Gasteiger partial charge in [0, 0.05) is 23.4 Å². The van der Waals surface area contributed by atoms with Gasteiger partial charge in [-0.15, -0.1) is 0 Å². The second-order valence-corrected chi connectivity index (χ2v) is 4.90. The second kappa shape index (κ2) is 5.36. The van der Waals surface area contributed by atoms with Crippen LogP contribution in [0.1, 0.15) is 21.5 Å². The fourth-order valence-electron chi connectivity index (χ4n) is 2.19. The van der Waals surface area contributed by atoms with Crippen molar-refractivity contribution in [2.75, 3.05) is 12.5 Å². The zero-order valence-corrected chi connectivity index (χ0v) is 11.7. The van der Waals surface area contributed by atoms with Crippen LogP contribution in [-0.4, -0.2) is 12.7 Å². The molecule has 0 atom stereocenters. The summed E-state index contributed by atoms with van der Waals surface area (Å²) in [6.45, 7) is 2.50. The van der Waals surface area contributed by atoms with E-state index in [1.165, 1.54) is 0 Å². The van der Waals surface area contributed by atoms with E-state index in [1.807, 2.05) is 31.2 Å². The number of aryl methyl sites for hydroxylation is 1. The van der Waals surface area contributed by atoms with E-state index in [2.05, 4.69) is 5.32 Å². The molecule has 0 fully saturated rings. The predicted octanol–water partition coefficient (Wildman–Crippen LogP) is 2.24. The van der Waals surface area contributed by atoms with E-state index < -0.39 is 0 Å². The largest absolute Gasteiger partial charge is 0.454 e. The van der Waals surface area contributed by atoms with Crippen molar-refractivity contribution in [2.45, 2.75) is 13.5 Å². The first-order valence-electron chi connectivity index (χ1n) is 6.67. The number of benzene rings is 2. The second-order valence-electron chi connectivity index (χ2n) is 4.90. The van der Waals surface area contributed by atoms with Gasteiger partial charge in [0.05, 0.1) is 0 Å². The fourth-order valence-corrected chi connectivity index (χ4v) is 2.19. The van der Waals surface area contributed by atoms with Crippen LogP contribution in [0.25, 0.3) is 0 Å². The number of nitrogens with two attached hydrogens (primary N) is 1. The van der Waals surface area contributed by atoms with Crippen molar-refractivity contribution in [1.82, 2.24) is 5.32 Å². The van der Waals surface area contributed by atoms with Gasteiger partial charge in [-0.3, -0.25) is 4.79 Å². The number of hydrogen-bond donors (Lipinski definition) is 2. The molecule has 1 aliphatic rings. The molecule has 2 aromatic carbocycles. The molecule has 0 aliphatic carbocycles. The van der Waals surface area contributed by atoms with E-state index in [-0.39, 0.29) is 12.7 Å². The van der Waals surface area contributed by atoms with Crippen molar-refractivity contribution in [3.05, 3.63) is 53.1 Å². The lowest BCUT2D eigenvalue weighted by Crippen LogP contribution is -2.23. The van der Waals surface area contributed by atoms with Gasteiger partial charge < -0.3 is 20.5 Å². The molecule has 5 heteroatoms. The summed E-state index contributed by atoms with van der Waals surface area (Å²) in [5.41, 5.74) is 8.82. The minimum Gasteiger partial charge on any atom is -0.454 e. The number of ether oxygens (including phenoxy) is 2. The number of nitrogen functional groups attached to an aromatic ring is 1. The van der Waals surface area contributed by atoms with Gasteiger partial charge in [-0.05, 0) is 30.7 Å². The Kier molecular flexibility index (Phi) is 3.39. The van der Waals surface area contributed by atoms with Crippen molar-refractivity contribution < 1.29 is 14.3 Å². The van der Waals surface area contributed by atoms with Gasteiger partial charge in [-0.1, -0.05) is 18.2 Å². The quantitative estimate of drug-likeness (QED) is 0.848. The van der Waals surface area contributed by atoms with E-state index in [4.69, 9.17) is 15.2 Å². The molecular formula is C16H16N2O3. The predicted molar refractivity (Wildman–Crippen MR) is 79.3 cm³/mol. The van der Waals surface area contributed by atoms with Crippen LogP contribution in [0.5, 0.6) is 11.5 Å². The van der Waals surface area contributed by atoms with Crippen LogP contribution in [0.4, 0.5) is 5.69 Å². The standard InChI is InChI=1S/C16H16N2O3/c1-10-5-6-11(7-13(10)17)16(19)18-8-12-3-2-4-14-15(12)21-9-20-14/h2-7H,8-9,17H2,1H3,(H,18,19). The van der Waals surface area contributed by atoms with Crippen LogP contribution in [0.2, 0.25) is 0 Å². The summed E-state index contributed by atoms with van der Waals surface area (Å²) in [5, 5.41) is 2.86. The molecule has 1 aliphatic heterocycles. The average Bonchev–Trinajstić information content (AvgIpc) is 2.96. The molecule has 5 nitrogen and oxygen atoms in total. The van der Waals surface area contributed by atoms with Crippen LogP contribution in [0, 0.1) is 6.92 Å². The lowest BCUT2D eigenvalue weighted by molar-refractivity contribution is 0.0950. The first-order valence-corrected chi connectivity index (χ1v) is 6.67. The highest BCUT2D eigenvalue weighted by molar-refractivity contribution is 5.95. The summed E-state index contributed by atoms with van der Waals surface area (Å²) in [5.74, 6) is 1.24. The van der Waals surface area contributed by atoms with Gasteiger partial charge in [-0.2, -0.15) is 0 Å². The molecule has 2 aromatic rings. The SMILES string of the molecule is Cc1ccc(C(=O)NCc2cccc3c2OCO3)cc1N. The molecule has 0 radical (unpaired) electrons. The lowest BCUT2D eigenvalue weighted by atomic mass is 10.1. The molecule has 0 unspecified atom stereocenters. The number of carbonyl (C=O) groups is 1. The molecule has 108 valence electrons. The van der Waals surface area contributed by atoms with Gasteiger partial charge >= 0.3 is 0 Å². The maximum absolute atomic E-state index is 12.1. The summed E-state index contributed by atoms with van der Waals surface area (Å²) in [6.07, 6.45) is 0. The van der Waals surface area contributed by atoms with Crippen molar-refractivity contribution in [3.8, 4) is 11.5 Å².